The Bertz CT molecular complexity index is 835. The van der Waals surface area contributed by atoms with E-state index in [-0.39, 0.29) is 6.03 Å². The summed E-state index contributed by atoms with van der Waals surface area (Å²) >= 11 is 5.98. The fraction of sp³-hybridized carbons (Fsp3) is 0. The number of benzene rings is 3. The predicted molar refractivity (Wildman–Crippen MR) is 99.9 cm³/mol. The summed E-state index contributed by atoms with van der Waals surface area (Å²) in [6.45, 7) is 0. The molecule has 24 heavy (non-hydrogen) atoms. The van der Waals surface area contributed by atoms with E-state index in [1.54, 1.807) is 53.4 Å². The molecule has 3 N–H and O–H groups in total. The largest absolute Gasteiger partial charge is 0.399 e. The molecule has 0 saturated heterocycles. The van der Waals surface area contributed by atoms with Crippen LogP contribution in [-0.4, -0.2) is 6.03 Å². The third-order valence-corrected chi connectivity index (χ3v) is 3.68. The molecule has 2 amide bonds. The molecule has 4 nitrogen and oxygen atoms in total. The Morgan fingerprint density at radius 2 is 1.54 bits per heavy atom. The van der Waals surface area contributed by atoms with E-state index in [1.165, 1.54) is 0 Å². The van der Waals surface area contributed by atoms with Crippen molar-refractivity contribution in [2.24, 2.45) is 0 Å². The molecule has 0 atom stereocenters. The highest BCUT2D eigenvalue weighted by Crippen LogP contribution is 2.27. The van der Waals surface area contributed by atoms with E-state index in [0.29, 0.717) is 16.4 Å². The molecule has 0 radical (unpaired) electrons. The zero-order valence-corrected chi connectivity index (χ0v) is 13.6. The number of hydrogen-bond donors (Lipinski definition) is 2. The highest BCUT2D eigenvalue weighted by atomic mass is 35.5. The number of nitrogens with zero attached hydrogens (tertiary/aromatic N) is 1. The van der Waals surface area contributed by atoms with E-state index in [9.17, 15) is 4.79 Å². The van der Waals surface area contributed by atoms with Gasteiger partial charge in [-0.3, -0.25) is 4.90 Å². The fourth-order valence-corrected chi connectivity index (χ4v) is 2.52. The molecule has 0 aromatic heterocycles. The first kappa shape index (κ1) is 15.9. The van der Waals surface area contributed by atoms with Gasteiger partial charge in [-0.15, -0.1) is 0 Å². The van der Waals surface area contributed by atoms with Crippen LogP contribution >= 0.6 is 11.6 Å². The lowest BCUT2D eigenvalue weighted by Gasteiger charge is -2.23. The van der Waals surface area contributed by atoms with E-state index in [0.717, 1.165) is 11.4 Å². The molecule has 0 aliphatic rings. The van der Waals surface area contributed by atoms with E-state index >= 15 is 0 Å². The van der Waals surface area contributed by atoms with Gasteiger partial charge in [0, 0.05) is 16.4 Å². The number of urea groups is 1. The first-order valence-electron chi connectivity index (χ1n) is 7.41. The van der Waals surface area contributed by atoms with Crippen molar-refractivity contribution < 1.29 is 4.79 Å². The van der Waals surface area contributed by atoms with Crippen molar-refractivity contribution in [1.29, 1.82) is 0 Å². The maximum Gasteiger partial charge on any atom is 0.330 e. The molecule has 0 unspecified atom stereocenters. The van der Waals surface area contributed by atoms with Gasteiger partial charge < -0.3 is 11.1 Å². The number of halogens is 1. The van der Waals surface area contributed by atoms with Gasteiger partial charge in [0.15, 0.2) is 0 Å². The molecule has 5 heteroatoms. The van der Waals surface area contributed by atoms with Crippen LogP contribution in [0.15, 0.2) is 78.9 Å². The third kappa shape index (κ3) is 3.67. The van der Waals surface area contributed by atoms with Gasteiger partial charge in [0.2, 0.25) is 0 Å². The second-order valence-electron chi connectivity index (χ2n) is 5.20. The van der Waals surface area contributed by atoms with E-state index in [1.807, 2.05) is 30.3 Å². The van der Waals surface area contributed by atoms with Crippen molar-refractivity contribution >= 4 is 40.4 Å². The Balaban J connectivity index is 1.95. The van der Waals surface area contributed by atoms with Crippen LogP contribution in [0, 0.1) is 0 Å². The number of amides is 2. The Labute approximate surface area is 145 Å². The molecular formula is C19H16ClN3O. The molecule has 0 aliphatic heterocycles. The standard InChI is InChI=1S/C19H16ClN3O/c20-14-5-4-6-16(13-14)22-19(24)23(17-7-2-1-3-8-17)18-11-9-15(21)10-12-18/h1-13H,21H2,(H,22,24). The average molecular weight is 338 g/mol. The van der Waals surface area contributed by atoms with Crippen LogP contribution in [0.25, 0.3) is 0 Å². The first-order valence-corrected chi connectivity index (χ1v) is 7.78. The molecule has 0 fully saturated rings. The van der Waals surface area contributed by atoms with Crippen molar-refractivity contribution in [1.82, 2.24) is 0 Å². The van der Waals surface area contributed by atoms with Crippen molar-refractivity contribution in [2.45, 2.75) is 0 Å². The number of carbonyl (C=O) groups excluding carboxylic acids is 1. The van der Waals surface area contributed by atoms with Crippen LogP contribution in [0.5, 0.6) is 0 Å². The number of carbonyl (C=O) groups is 1. The highest BCUT2D eigenvalue weighted by molar-refractivity contribution is 6.31. The Morgan fingerprint density at radius 1 is 0.875 bits per heavy atom. The fourth-order valence-electron chi connectivity index (χ4n) is 2.33. The summed E-state index contributed by atoms with van der Waals surface area (Å²) in [5, 5.41) is 3.43. The lowest BCUT2D eigenvalue weighted by atomic mass is 10.2. The lowest BCUT2D eigenvalue weighted by Crippen LogP contribution is -2.30. The van der Waals surface area contributed by atoms with Crippen molar-refractivity contribution in [3.63, 3.8) is 0 Å². The molecule has 3 aromatic rings. The van der Waals surface area contributed by atoms with Gasteiger partial charge in [0.05, 0.1) is 11.4 Å². The number of para-hydroxylation sites is 1. The molecule has 0 spiro atoms. The predicted octanol–water partition coefficient (Wildman–Crippen LogP) is 5.29. The molecule has 0 heterocycles. The number of anilines is 4. The number of nitrogens with two attached hydrogens (primary N) is 1. The van der Waals surface area contributed by atoms with Crippen molar-refractivity contribution in [2.75, 3.05) is 16.0 Å². The number of nitrogen functional groups attached to an aromatic ring is 1. The maximum absolute atomic E-state index is 12.9. The number of nitrogens with one attached hydrogen (secondary N) is 1. The molecule has 0 saturated carbocycles. The Kier molecular flexibility index (Phi) is 4.68. The first-order chi connectivity index (χ1) is 11.6. The number of hydrogen-bond acceptors (Lipinski definition) is 2. The topological polar surface area (TPSA) is 58.4 Å². The molecular weight excluding hydrogens is 322 g/mol. The second kappa shape index (κ2) is 7.06. The molecule has 0 aliphatic carbocycles. The lowest BCUT2D eigenvalue weighted by molar-refractivity contribution is 0.259. The summed E-state index contributed by atoms with van der Waals surface area (Å²) < 4.78 is 0. The van der Waals surface area contributed by atoms with Crippen LogP contribution in [0.3, 0.4) is 0 Å². The van der Waals surface area contributed by atoms with E-state index < -0.39 is 0 Å². The van der Waals surface area contributed by atoms with Gasteiger partial charge in [-0.2, -0.15) is 0 Å². The van der Waals surface area contributed by atoms with Crippen LogP contribution in [0.2, 0.25) is 5.02 Å². The van der Waals surface area contributed by atoms with Crippen molar-refractivity contribution in [3.05, 3.63) is 83.9 Å². The second-order valence-corrected chi connectivity index (χ2v) is 5.64. The summed E-state index contributed by atoms with van der Waals surface area (Å²) in [7, 11) is 0. The zero-order valence-electron chi connectivity index (χ0n) is 12.8. The third-order valence-electron chi connectivity index (χ3n) is 3.44. The number of rotatable bonds is 3. The molecule has 3 aromatic carbocycles. The van der Waals surface area contributed by atoms with E-state index in [4.69, 9.17) is 17.3 Å². The van der Waals surface area contributed by atoms with Crippen LogP contribution in [0.4, 0.5) is 27.5 Å². The summed E-state index contributed by atoms with van der Waals surface area (Å²) in [4.78, 5) is 14.4. The van der Waals surface area contributed by atoms with Gasteiger partial charge in [0.1, 0.15) is 0 Å². The van der Waals surface area contributed by atoms with Gasteiger partial charge in [-0.05, 0) is 54.6 Å². The van der Waals surface area contributed by atoms with E-state index in [2.05, 4.69) is 5.32 Å². The minimum Gasteiger partial charge on any atom is -0.399 e. The zero-order chi connectivity index (χ0) is 16.9. The van der Waals surface area contributed by atoms with Crippen molar-refractivity contribution in [3.8, 4) is 0 Å². The SMILES string of the molecule is Nc1ccc(N(C(=O)Nc2cccc(Cl)c2)c2ccccc2)cc1. The summed E-state index contributed by atoms with van der Waals surface area (Å²) in [5.41, 5.74) is 8.49. The monoisotopic (exact) mass is 337 g/mol. The molecule has 120 valence electrons. The minimum absolute atomic E-state index is 0.284. The van der Waals surface area contributed by atoms with Crippen LogP contribution in [0.1, 0.15) is 0 Å². The average Bonchev–Trinajstić information content (AvgIpc) is 2.58. The Hall–Kier alpha value is -2.98. The Morgan fingerprint density at radius 3 is 2.21 bits per heavy atom. The van der Waals surface area contributed by atoms with Crippen LogP contribution < -0.4 is 16.0 Å². The maximum atomic E-state index is 12.9. The van der Waals surface area contributed by atoms with Gasteiger partial charge in [0.25, 0.3) is 0 Å². The van der Waals surface area contributed by atoms with Gasteiger partial charge in [-0.25, -0.2) is 4.79 Å². The van der Waals surface area contributed by atoms with Gasteiger partial charge >= 0.3 is 6.03 Å². The molecule has 0 bridgehead atoms. The minimum atomic E-state index is -0.284. The quantitative estimate of drug-likeness (QED) is 0.638. The van der Waals surface area contributed by atoms with Crippen LogP contribution in [-0.2, 0) is 0 Å². The normalized spacial score (nSPS) is 10.2. The molecule has 3 rings (SSSR count). The van der Waals surface area contributed by atoms with Gasteiger partial charge in [-0.1, -0.05) is 35.9 Å². The summed E-state index contributed by atoms with van der Waals surface area (Å²) in [6.07, 6.45) is 0. The summed E-state index contributed by atoms with van der Waals surface area (Å²) in [5.74, 6) is 0. The smallest absolute Gasteiger partial charge is 0.330 e. The highest BCUT2D eigenvalue weighted by Gasteiger charge is 2.18. The summed E-state index contributed by atoms with van der Waals surface area (Å²) in [6, 6.07) is 23.3.